The lowest BCUT2D eigenvalue weighted by atomic mass is 10.2. The van der Waals surface area contributed by atoms with Crippen molar-refractivity contribution in [3.05, 3.63) is 33.1 Å². The molecule has 0 saturated carbocycles. The summed E-state index contributed by atoms with van der Waals surface area (Å²) < 4.78 is 13.4. The highest BCUT2D eigenvalue weighted by atomic mass is 127. The summed E-state index contributed by atoms with van der Waals surface area (Å²) in [6, 6.07) is 4.11. The maximum Gasteiger partial charge on any atom is 0.254 e. The van der Waals surface area contributed by atoms with Gasteiger partial charge < -0.3 is 4.90 Å². The molecular formula is C10H10ClFINO. The van der Waals surface area contributed by atoms with Crippen LogP contribution in [0.15, 0.2) is 18.2 Å². The van der Waals surface area contributed by atoms with Crippen LogP contribution in [0.3, 0.4) is 0 Å². The highest BCUT2D eigenvalue weighted by Gasteiger charge is 2.14. The summed E-state index contributed by atoms with van der Waals surface area (Å²) in [5.41, 5.74) is 0.504. The molecule has 0 aliphatic heterocycles. The molecule has 2 nitrogen and oxygen atoms in total. The van der Waals surface area contributed by atoms with Crippen LogP contribution in [0.1, 0.15) is 10.4 Å². The molecule has 0 unspecified atom stereocenters. The van der Waals surface area contributed by atoms with Gasteiger partial charge in [0.25, 0.3) is 5.91 Å². The monoisotopic (exact) mass is 341 g/mol. The van der Waals surface area contributed by atoms with Crippen molar-refractivity contribution in [3.63, 3.8) is 0 Å². The number of benzene rings is 1. The Labute approximate surface area is 107 Å². The Bertz CT molecular complexity index is 372. The third-order valence-electron chi connectivity index (χ3n) is 1.93. The quantitative estimate of drug-likeness (QED) is 0.611. The van der Waals surface area contributed by atoms with E-state index in [0.29, 0.717) is 21.6 Å². The van der Waals surface area contributed by atoms with E-state index in [-0.39, 0.29) is 11.7 Å². The molecule has 0 heterocycles. The Morgan fingerprint density at radius 1 is 1.60 bits per heavy atom. The van der Waals surface area contributed by atoms with Gasteiger partial charge in [0.1, 0.15) is 5.82 Å². The molecular weight excluding hydrogens is 331 g/mol. The fourth-order valence-corrected chi connectivity index (χ4v) is 2.06. The standard InChI is InChI=1S/C10H10ClFINO/c1-14(5-4-11)10(15)8-3-2-7(12)6-9(8)13/h2-3,6H,4-5H2,1H3. The van der Waals surface area contributed by atoms with Crippen molar-refractivity contribution in [1.29, 1.82) is 0 Å². The van der Waals surface area contributed by atoms with E-state index in [1.54, 1.807) is 7.05 Å². The maximum absolute atomic E-state index is 12.8. The third-order valence-corrected chi connectivity index (χ3v) is 2.99. The highest BCUT2D eigenvalue weighted by Crippen LogP contribution is 2.15. The van der Waals surface area contributed by atoms with Gasteiger partial charge in [-0.1, -0.05) is 0 Å². The van der Waals surface area contributed by atoms with Crippen molar-refractivity contribution in [2.75, 3.05) is 19.5 Å². The van der Waals surface area contributed by atoms with Crippen LogP contribution in [0, 0.1) is 9.39 Å². The molecule has 82 valence electrons. The van der Waals surface area contributed by atoms with E-state index in [1.807, 2.05) is 22.6 Å². The van der Waals surface area contributed by atoms with Crippen LogP contribution in [-0.2, 0) is 0 Å². The van der Waals surface area contributed by atoms with Crippen LogP contribution in [-0.4, -0.2) is 30.3 Å². The van der Waals surface area contributed by atoms with Gasteiger partial charge in [-0.3, -0.25) is 4.79 Å². The Morgan fingerprint density at radius 3 is 2.80 bits per heavy atom. The second-order valence-electron chi connectivity index (χ2n) is 3.04. The van der Waals surface area contributed by atoms with E-state index in [2.05, 4.69) is 0 Å². The first-order valence-electron chi connectivity index (χ1n) is 4.32. The molecule has 5 heteroatoms. The van der Waals surface area contributed by atoms with Crippen LogP contribution in [0.2, 0.25) is 0 Å². The second kappa shape index (κ2) is 5.65. The molecule has 1 aromatic rings. The van der Waals surface area contributed by atoms with Crippen molar-refractivity contribution in [2.24, 2.45) is 0 Å². The van der Waals surface area contributed by atoms with E-state index in [0.717, 1.165) is 0 Å². The van der Waals surface area contributed by atoms with Gasteiger partial charge in [0.15, 0.2) is 0 Å². The SMILES string of the molecule is CN(CCCl)C(=O)c1ccc(F)cc1I. The molecule has 0 aromatic heterocycles. The number of hydrogen-bond acceptors (Lipinski definition) is 1. The van der Waals surface area contributed by atoms with Crippen LogP contribution < -0.4 is 0 Å². The third kappa shape index (κ3) is 3.31. The zero-order chi connectivity index (χ0) is 11.4. The molecule has 0 aliphatic rings. The summed E-state index contributed by atoms with van der Waals surface area (Å²) >= 11 is 7.48. The highest BCUT2D eigenvalue weighted by molar-refractivity contribution is 14.1. The molecule has 15 heavy (non-hydrogen) atoms. The van der Waals surface area contributed by atoms with E-state index in [4.69, 9.17) is 11.6 Å². The number of nitrogens with zero attached hydrogens (tertiary/aromatic N) is 1. The van der Waals surface area contributed by atoms with Gasteiger partial charge >= 0.3 is 0 Å². The smallest absolute Gasteiger partial charge is 0.254 e. The Morgan fingerprint density at radius 2 is 2.27 bits per heavy atom. The minimum atomic E-state index is -0.337. The topological polar surface area (TPSA) is 20.3 Å². The molecule has 0 atom stereocenters. The van der Waals surface area contributed by atoms with E-state index in [9.17, 15) is 9.18 Å². The number of amides is 1. The van der Waals surface area contributed by atoms with Gasteiger partial charge in [-0.2, -0.15) is 0 Å². The molecule has 1 amide bonds. The Kier molecular flexibility index (Phi) is 4.79. The predicted molar refractivity (Wildman–Crippen MR) is 66.8 cm³/mol. The number of carbonyl (C=O) groups excluding carboxylic acids is 1. The Balaban J connectivity index is 2.91. The molecule has 0 saturated heterocycles. The van der Waals surface area contributed by atoms with Crippen molar-refractivity contribution in [3.8, 4) is 0 Å². The average molecular weight is 342 g/mol. The Hall–Kier alpha value is -0.360. The van der Waals surface area contributed by atoms with Gasteiger partial charge in [0, 0.05) is 23.0 Å². The number of rotatable bonds is 3. The minimum absolute atomic E-state index is 0.139. The van der Waals surface area contributed by atoms with Gasteiger partial charge in [-0.05, 0) is 40.8 Å². The molecule has 0 fully saturated rings. The second-order valence-corrected chi connectivity index (χ2v) is 4.58. The summed E-state index contributed by atoms with van der Waals surface area (Å²) in [5.74, 6) is -0.0870. The molecule has 1 rings (SSSR count). The summed E-state index contributed by atoms with van der Waals surface area (Å²) in [4.78, 5) is 13.3. The van der Waals surface area contributed by atoms with Gasteiger partial charge in [-0.15, -0.1) is 11.6 Å². The number of hydrogen-bond donors (Lipinski definition) is 0. The van der Waals surface area contributed by atoms with Crippen molar-refractivity contribution in [2.45, 2.75) is 0 Å². The predicted octanol–water partition coefficient (Wildman–Crippen LogP) is 2.74. The maximum atomic E-state index is 12.8. The summed E-state index contributed by atoms with van der Waals surface area (Å²) in [5, 5.41) is 0. The molecule has 0 radical (unpaired) electrons. The molecule has 0 spiro atoms. The normalized spacial score (nSPS) is 10.1. The molecule has 0 aliphatic carbocycles. The minimum Gasteiger partial charge on any atom is -0.340 e. The van der Waals surface area contributed by atoms with Gasteiger partial charge in [0.2, 0.25) is 0 Å². The van der Waals surface area contributed by atoms with E-state index in [1.165, 1.54) is 23.1 Å². The molecule has 1 aromatic carbocycles. The van der Waals surface area contributed by atoms with Crippen LogP contribution >= 0.6 is 34.2 Å². The lowest BCUT2D eigenvalue weighted by Gasteiger charge is -2.16. The molecule has 0 bridgehead atoms. The first-order valence-corrected chi connectivity index (χ1v) is 5.94. The first kappa shape index (κ1) is 12.7. The van der Waals surface area contributed by atoms with E-state index < -0.39 is 0 Å². The number of carbonyl (C=O) groups is 1. The zero-order valence-corrected chi connectivity index (χ0v) is 11.0. The first-order chi connectivity index (χ1) is 7.06. The van der Waals surface area contributed by atoms with Crippen LogP contribution in [0.4, 0.5) is 4.39 Å². The molecule has 0 N–H and O–H groups in total. The summed E-state index contributed by atoms with van der Waals surface area (Å²) in [6.45, 7) is 0.480. The lowest BCUT2D eigenvalue weighted by Crippen LogP contribution is -2.29. The van der Waals surface area contributed by atoms with Crippen LogP contribution in [0.5, 0.6) is 0 Å². The summed E-state index contributed by atoms with van der Waals surface area (Å²) in [7, 11) is 1.67. The summed E-state index contributed by atoms with van der Waals surface area (Å²) in [6.07, 6.45) is 0. The zero-order valence-electron chi connectivity index (χ0n) is 8.14. The van der Waals surface area contributed by atoms with Crippen molar-refractivity contribution in [1.82, 2.24) is 4.90 Å². The van der Waals surface area contributed by atoms with E-state index >= 15 is 0 Å². The van der Waals surface area contributed by atoms with Crippen LogP contribution in [0.25, 0.3) is 0 Å². The largest absolute Gasteiger partial charge is 0.340 e. The lowest BCUT2D eigenvalue weighted by molar-refractivity contribution is 0.0802. The average Bonchev–Trinajstić information content (AvgIpc) is 2.17. The number of halogens is 3. The van der Waals surface area contributed by atoms with Crippen molar-refractivity contribution < 1.29 is 9.18 Å². The van der Waals surface area contributed by atoms with Crippen molar-refractivity contribution >= 4 is 40.1 Å². The van der Waals surface area contributed by atoms with Gasteiger partial charge in [-0.25, -0.2) is 4.39 Å². The fourth-order valence-electron chi connectivity index (χ4n) is 1.10. The number of alkyl halides is 1. The fraction of sp³-hybridized carbons (Fsp3) is 0.300. The van der Waals surface area contributed by atoms with Gasteiger partial charge in [0.05, 0.1) is 5.56 Å².